The van der Waals surface area contributed by atoms with Crippen molar-refractivity contribution >= 4 is 17.5 Å². The minimum atomic E-state index is -4.38. The number of aromatic nitrogens is 2. The van der Waals surface area contributed by atoms with Crippen LogP contribution >= 0.6 is 0 Å². The Morgan fingerprint density at radius 1 is 1.07 bits per heavy atom. The molecule has 0 fully saturated rings. The summed E-state index contributed by atoms with van der Waals surface area (Å²) in [4.78, 5) is 10.4. The van der Waals surface area contributed by atoms with Crippen LogP contribution in [-0.4, -0.2) is 9.97 Å². The summed E-state index contributed by atoms with van der Waals surface area (Å²) in [6, 6.07) is 17.7. The summed E-state index contributed by atoms with van der Waals surface area (Å²) in [5, 5.41) is 2.98. The van der Waals surface area contributed by atoms with E-state index in [0.29, 0.717) is 17.3 Å². The van der Waals surface area contributed by atoms with Gasteiger partial charge in [0, 0.05) is 24.9 Å². The fourth-order valence-electron chi connectivity index (χ4n) is 2.76. The second kappa shape index (κ2) is 8.65. The Balaban J connectivity index is 1.82. The van der Waals surface area contributed by atoms with Crippen molar-refractivity contribution in [3.63, 3.8) is 0 Å². The van der Waals surface area contributed by atoms with Gasteiger partial charge in [0.25, 0.3) is 0 Å². The molecule has 1 N–H and O–H groups in total. The average Bonchev–Trinajstić information content (AvgIpc) is 2.71. The van der Waals surface area contributed by atoms with Gasteiger partial charge < -0.3 is 5.32 Å². The van der Waals surface area contributed by atoms with Crippen LogP contribution in [-0.2, 0) is 12.7 Å². The van der Waals surface area contributed by atoms with Gasteiger partial charge in [-0.25, -0.2) is 4.98 Å². The molecule has 0 bridgehead atoms. The predicted molar refractivity (Wildman–Crippen MR) is 108 cm³/mol. The van der Waals surface area contributed by atoms with Crippen LogP contribution in [0.5, 0.6) is 0 Å². The summed E-state index contributed by atoms with van der Waals surface area (Å²) in [6.45, 7) is 3.88. The predicted octanol–water partition coefficient (Wildman–Crippen LogP) is 5.53. The number of alkyl halides is 3. The SMILES string of the molecule is CC#CN(c1ccnc(NCc2cccc(C(F)(F)F)c2)n1)c1ccccc1C. The van der Waals surface area contributed by atoms with E-state index < -0.39 is 11.7 Å². The van der Waals surface area contributed by atoms with E-state index in [1.54, 1.807) is 30.2 Å². The van der Waals surface area contributed by atoms with Gasteiger partial charge in [-0.3, -0.25) is 4.90 Å². The van der Waals surface area contributed by atoms with Crippen molar-refractivity contribution in [3.05, 3.63) is 77.5 Å². The first-order chi connectivity index (χ1) is 13.9. The number of aryl methyl sites for hydroxylation is 1. The first-order valence-corrected chi connectivity index (χ1v) is 8.89. The lowest BCUT2D eigenvalue weighted by Crippen LogP contribution is -2.14. The maximum atomic E-state index is 12.9. The number of halogens is 3. The van der Waals surface area contributed by atoms with Crippen molar-refractivity contribution in [2.75, 3.05) is 10.2 Å². The van der Waals surface area contributed by atoms with Crippen LogP contribution in [0.15, 0.2) is 60.8 Å². The minimum absolute atomic E-state index is 0.164. The molecule has 0 aliphatic heterocycles. The van der Waals surface area contributed by atoms with E-state index >= 15 is 0 Å². The number of nitrogens with zero attached hydrogens (tertiary/aromatic N) is 3. The Labute approximate surface area is 167 Å². The molecule has 1 aromatic heterocycles. The van der Waals surface area contributed by atoms with Gasteiger partial charge in [-0.05, 0) is 43.2 Å². The number of hydrogen-bond donors (Lipinski definition) is 1. The molecular formula is C22H19F3N4. The molecule has 0 atom stereocenters. The fourth-order valence-corrected chi connectivity index (χ4v) is 2.76. The smallest absolute Gasteiger partial charge is 0.350 e. The van der Waals surface area contributed by atoms with Gasteiger partial charge in [0.2, 0.25) is 5.95 Å². The Morgan fingerprint density at radius 2 is 1.86 bits per heavy atom. The van der Waals surface area contributed by atoms with Crippen molar-refractivity contribution in [1.82, 2.24) is 9.97 Å². The highest BCUT2D eigenvalue weighted by Crippen LogP contribution is 2.30. The Bertz CT molecular complexity index is 1050. The molecule has 0 amide bonds. The van der Waals surface area contributed by atoms with Gasteiger partial charge >= 0.3 is 6.18 Å². The van der Waals surface area contributed by atoms with Gasteiger partial charge in [-0.2, -0.15) is 18.2 Å². The zero-order chi connectivity index (χ0) is 20.9. The zero-order valence-corrected chi connectivity index (χ0v) is 16.0. The Hall–Kier alpha value is -3.53. The average molecular weight is 396 g/mol. The van der Waals surface area contributed by atoms with Crippen LogP contribution in [0.4, 0.5) is 30.6 Å². The summed E-state index contributed by atoms with van der Waals surface area (Å²) in [5.74, 6) is 3.75. The zero-order valence-electron chi connectivity index (χ0n) is 16.0. The first kappa shape index (κ1) is 20.2. The lowest BCUT2D eigenvalue weighted by molar-refractivity contribution is -0.137. The van der Waals surface area contributed by atoms with E-state index in [0.717, 1.165) is 23.4 Å². The van der Waals surface area contributed by atoms with E-state index in [-0.39, 0.29) is 6.54 Å². The van der Waals surface area contributed by atoms with Gasteiger partial charge in [-0.15, -0.1) is 0 Å². The monoisotopic (exact) mass is 396 g/mol. The molecule has 0 aliphatic rings. The van der Waals surface area contributed by atoms with Gasteiger partial charge in [0.15, 0.2) is 0 Å². The highest BCUT2D eigenvalue weighted by Gasteiger charge is 2.30. The van der Waals surface area contributed by atoms with Crippen molar-refractivity contribution in [1.29, 1.82) is 0 Å². The third-order valence-electron chi connectivity index (χ3n) is 4.15. The van der Waals surface area contributed by atoms with Crippen LogP contribution in [0.1, 0.15) is 23.6 Å². The number of nitrogens with one attached hydrogen (secondary N) is 1. The molecule has 0 saturated carbocycles. The van der Waals surface area contributed by atoms with E-state index in [1.807, 2.05) is 31.2 Å². The van der Waals surface area contributed by atoms with Crippen molar-refractivity contribution in [2.24, 2.45) is 0 Å². The Morgan fingerprint density at radius 3 is 2.59 bits per heavy atom. The van der Waals surface area contributed by atoms with E-state index in [2.05, 4.69) is 27.2 Å². The van der Waals surface area contributed by atoms with E-state index in [9.17, 15) is 13.2 Å². The highest BCUT2D eigenvalue weighted by atomic mass is 19.4. The Kier molecular flexibility index (Phi) is 6.03. The molecule has 2 aromatic carbocycles. The summed E-state index contributed by atoms with van der Waals surface area (Å²) in [6.07, 6.45) is -2.79. The number of para-hydroxylation sites is 1. The molecule has 7 heteroatoms. The summed E-state index contributed by atoms with van der Waals surface area (Å²) in [7, 11) is 0. The highest BCUT2D eigenvalue weighted by molar-refractivity contribution is 5.68. The number of rotatable bonds is 5. The van der Waals surface area contributed by atoms with Crippen molar-refractivity contribution in [3.8, 4) is 12.0 Å². The summed E-state index contributed by atoms with van der Waals surface area (Å²) >= 11 is 0. The molecule has 29 heavy (non-hydrogen) atoms. The molecule has 3 rings (SSSR count). The van der Waals surface area contributed by atoms with Crippen LogP contribution in [0.25, 0.3) is 0 Å². The van der Waals surface area contributed by atoms with Crippen molar-refractivity contribution < 1.29 is 13.2 Å². The molecular weight excluding hydrogens is 377 g/mol. The third kappa shape index (κ3) is 5.05. The number of anilines is 3. The molecule has 1 heterocycles. The molecule has 0 spiro atoms. The maximum Gasteiger partial charge on any atom is 0.416 e. The van der Waals surface area contributed by atoms with E-state index in [1.165, 1.54) is 6.07 Å². The summed E-state index contributed by atoms with van der Waals surface area (Å²) < 4.78 is 38.6. The third-order valence-corrected chi connectivity index (χ3v) is 4.15. The van der Waals surface area contributed by atoms with Gasteiger partial charge in [-0.1, -0.05) is 36.3 Å². The van der Waals surface area contributed by atoms with Gasteiger partial charge in [0.1, 0.15) is 5.82 Å². The fraction of sp³-hybridized carbons (Fsp3) is 0.182. The van der Waals surface area contributed by atoms with E-state index in [4.69, 9.17) is 0 Å². The van der Waals surface area contributed by atoms with Crippen LogP contribution in [0.2, 0.25) is 0 Å². The number of hydrogen-bond acceptors (Lipinski definition) is 4. The van der Waals surface area contributed by atoms with Gasteiger partial charge in [0.05, 0.1) is 11.3 Å². The lowest BCUT2D eigenvalue weighted by Gasteiger charge is -2.19. The quantitative estimate of drug-likeness (QED) is 0.454. The largest absolute Gasteiger partial charge is 0.416 e. The minimum Gasteiger partial charge on any atom is -0.350 e. The number of benzene rings is 2. The van der Waals surface area contributed by atoms with Crippen LogP contribution < -0.4 is 10.2 Å². The molecule has 0 aliphatic carbocycles. The normalized spacial score (nSPS) is 10.8. The van der Waals surface area contributed by atoms with Crippen LogP contribution in [0, 0.1) is 18.9 Å². The second-order valence-corrected chi connectivity index (χ2v) is 6.27. The molecule has 0 saturated heterocycles. The molecule has 0 unspecified atom stereocenters. The lowest BCUT2D eigenvalue weighted by atomic mass is 10.1. The summed E-state index contributed by atoms with van der Waals surface area (Å²) in [5.41, 5.74) is 1.73. The topological polar surface area (TPSA) is 41.1 Å². The molecule has 3 aromatic rings. The van der Waals surface area contributed by atoms with Crippen molar-refractivity contribution in [2.45, 2.75) is 26.6 Å². The molecule has 148 valence electrons. The molecule has 4 nitrogen and oxygen atoms in total. The standard InChI is InChI=1S/C22H19F3N4/c1-3-13-29(19-10-5-4-7-16(19)2)20-11-12-26-21(28-20)27-15-17-8-6-9-18(14-17)22(23,24)25/h4-12,14H,15H2,1-2H3,(H,26,27,28). The second-order valence-electron chi connectivity index (χ2n) is 6.27. The first-order valence-electron chi connectivity index (χ1n) is 8.89. The maximum absolute atomic E-state index is 12.9. The molecule has 0 radical (unpaired) electrons. The van der Waals surface area contributed by atoms with Crippen LogP contribution in [0.3, 0.4) is 0 Å².